The van der Waals surface area contributed by atoms with Gasteiger partial charge in [0.1, 0.15) is 5.82 Å². The minimum Gasteiger partial charge on any atom is -0.381 e. The van der Waals surface area contributed by atoms with Gasteiger partial charge in [-0.05, 0) is 25.0 Å². The maximum atomic E-state index is 11.5. The summed E-state index contributed by atoms with van der Waals surface area (Å²) in [4.78, 5) is 26.9. The molecule has 1 rings (SSSR count). The normalized spacial score (nSPS) is 10.1. The molecule has 0 spiro atoms. The second kappa shape index (κ2) is 9.91. The SMILES string of the molecule is CCCCOCCCNC(=O)C(=O)Nc1ccccn1. The molecule has 2 amide bonds. The van der Waals surface area contributed by atoms with Gasteiger partial charge in [-0.15, -0.1) is 0 Å². The first-order valence-corrected chi connectivity index (χ1v) is 6.82. The lowest BCUT2D eigenvalue weighted by Crippen LogP contribution is -2.36. The summed E-state index contributed by atoms with van der Waals surface area (Å²) in [5.74, 6) is -1.02. The van der Waals surface area contributed by atoms with Gasteiger partial charge in [-0.2, -0.15) is 0 Å². The van der Waals surface area contributed by atoms with Crippen molar-refractivity contribution in [2.45, 2.75) is 26.2 Å². The topological polar surface area (TPSA) is 80.3 Å². The molecule has 1 heterocycles. The molecule has 6 nitrogen and oxygen atoms in total. The van der Waals surface area contributed by atoms with E-state index in [0.717, 1.165) is 19.4 Å². The molecule has 2 N–H and O–H groups in total. The van der Waals surface area contributed by atoms with E-state index in [2.05, 4.69) is 22.5 Å². The predicted molar refractivity (Wildman–Crippen MR) is 76.2 cm³/mol. The van der Waals surface area contributed by atoms with Crippen LogP contribution in [0.4, 0.5) is 5.82 Å². The van der Waals surface area contributed by atoms with Gasteiger partial charge in [0, 0.05) is 26.0 Å². The Morgan fingerprint density at radius 3 is 2.70 bits per heavy atom. The Hall–Kier alpha value is -1.95. The third kappa shape index (κ3) is 6.84. The Morgan fingerprint density at radius 1 is 1.20 bits per heavy atom. The van der Waals surface area contributed by atoms with E-state index in [1.807, 2.05) is 0 Å². The quantitative estimate of drug-likeness (QED) is 0.556. The van der Waals surface area contributed by atoms with Crippen molar-refractivity contribution >= 4 is 17.6 Å². The molecule has 0 aliphatic carbocycles. The van der Waals surface area contributed by atoms with Gasteiger partial charge in [0.15, 0.2) is 0 Å². The molecule has 0 aliphatic heterocycles. The van der Waals surface area contributed by atoms with Gasteiger partial charge in [0.25, 0.3) is 0 Å². The average molecular weight is 279 g/mol. The van der Waals surface area contributed by atoms with E-state index in [4.69, 9.17) is 4.74 Å². The molecule has 0 aromatic carbocycles. The minimum atomic E-state index is -0.712. The van der Waals surface area contributed by atoms with E-state index in [1.54, 1.807) is 24.4 Å². The lowest BCUT2D eigenvalue weighted by atomic mass is 10.3. The number of carbonyl (C=O) groups excluding carboxylic acids is 2. The van der Waals surface area contributed by atoms with E-state index in [1.165, 1.54) is 0 Å². The van der Waals surface area contributed by atoms with Crippen LogP contribution in [-0.4, -0.2) is 36.6 Å². The maximum absolute atomic E-state index is 11.5. The molecule has 6 heteroatoms. The number of carbonyl (C=O) groups is 2. The number of rotatable bonds is 8. The van der Waals surface area contributed by atoms with Gasteiger partial charge in [0.05, 0.1) is 0 Å². The monoisotopic (exact) mass is 279 g/mol. The third-order valence-electron chi connectivity index (χ3n) is 2.51. The molecule has 0 bridgehead atoms. The van der Waals surface area contributed by atoms with Crippen LogP contribution < -0.4 is 10.6 Å². The summed E-state index contributed by atoms with van der Waals surface area (Å²) in [6.07, 6.45) is 4.37. The van der Waals surface area contributed by atoms with Gasteiger partial charge >= 0.3 is 11.8 Å². The van der Waals surface area contributed by atoms with Crippen LogP contribution in [0.1, 0.15) is 26.2 Å². The standard InChI is InChI=1S/C14H21N3O3/c1-2-3-10-20-11-6-9-16-13(18)14(19)17-12-7-4-5-8-15-12/h4-5,7-8H,2-3,6,9-11H2,1H3,(H,16,18)(H,15,17,19). The Bertz CT molecular complexity index is 409. The molecular formula is C14H21N3O3. The second-order valence-corrected chi connectivity index (χ2v) is 4.24. The van der Waals surface area contributed by atoms with Crippen LogP contribution in [0.2, 0.25) is 0 Å². The van der Waals surface area contributed by atoms with Gasteiger partial charge in [-0.1, -0.05) is 19.4 Å². The summed E-state index contributed by atoms with van der Waals surface area (Å²) in [6, 6.07) is 5.08. The molecule has 20 heavy (non-hydrogen) atoms. The average Bonchev–Trinajstić information content (AvgIpc) is 2.47. The van der Waals surface area contributed by atoms with Gasteiger partial charge in [-0.25, -0.2) is 4.98 Å². The highest BCUT2D eigenvalue weighted by molar-refractivity contribution is 6.39. The van der Waals surface area contributed by atoms with E-state index in [-0.39, 0.29) is 0 Å². The van der Waals surface area contributed by atoms with Gasteiger partial charge < -0.3 is 15.4 Å². The largest absolute Gasteiger partial charge is 0.381 e. The number of hydrogen-bond donors (Lipinski definition) is 2. The van der Waals surface area contributed by atoms with Crippen molar-refractivity contribution in [1.29, 1.82) is 0 Å². The van der Waals surface area contributed by atoms with Crippen molar-refractivity contribution in [3.8, 4) is 0 Å². The maximum Gasteiger partial charge on any atom is 0.314 e. The van der Waals surface area contributed by atoms with Crippen molar-refractivity contribution < 1.29 is 14.3 Å². The zero-order chi connectivity index (χ0) is 14.6. The number of hydrogen-bond acceptors (Lipinski definition) is 4. The number of ether oxygens (including phenoxy) is 1. The summed E-state index contributed by atoms with van der Waals surface area (Å²) in [6.45, 7) is 3.84. The Kier molecular flexibility index (Phi) is 7.98. The van der Waals surface area contributed by atoms with E-state index >= 15 is 0 Å². The highest BCUT2D eigenvalue weighted by atomic mass is 16.5. The van der Waals surface area contributed by atoms with Crippen LogP contribution in [0.3, 0.4) is 0 Å². The first-order chi connectivity index (χ1) is 9.74. The summed E-state index contributed by atoms with van der Waals surface area (Å²) in [7, 11) is 0. The molecule has 0 atom stereocenters. The summed E-state index contributed by atoms with van der Waals surface area (Å²) < 4.78 is 5.35. The second-order valence-electron chi connectivity index (χ2n) is 4.24. The molecule has 0 unspecified atom stereocenters. The zero-order valence-corrected chi connectivity index (χ0v) is 11.7. The summed E-state index contributed by atoms with van der Waals surface area (Å²) in [5, 5.41) is 4.95. The smallest absolute Gasteiger partial charge is 0.314 e. The van der Waals surface area contributed by atoms with Crippen LogP contribution in [0.15, 0.2) is 24.4 Å². The number of amides is 2. The van der Waals surface area contributed by atoms with Crippen LogP contribution in [0.25, 0.3) is 0 Å². The molecule has 1 aromatic rings. The molecule has 0 radical (unpaired) electrons. The molecule has 0 saturated heterocycles. The number of nitrogens with zero attached hydrogens (tertiary/aromatic N) is 1. The lowest BCUT2D eigenvalue weighted by molar-refractivity contribution is -0.136. The van der Waals surface area contributed by atoms with Crippen LogP contribution in [-0.2, 0) is 14.3 Å². The first-order valence-electron chi connectivity index (χ1n) is 6.82. The highest BCUT2D eigenvalue weighted by Crippen LogP contribution is 1.99. The predicted octanol–water partition coefficient (Wildman–Crippen LogP) is 1.34. The highest BCUT2D eigenvalue weighted by Gasteiger charge is 2.12. The number of unbranched alkanes of at least 4 members (excludes halogenated alkanes) is 1. The Morgan fingerprint density at radius 2 is 2.00 bits per heavy atom. The fraction of sp³-hybridized carbons (Fsp3) is 0.500. The molecule has 1 aromatic heterocycles. The van der Waals surface area contributed by atoms with Crippen LogP contribution >= 0.6 is 0 Å². The van der Waals surface area contributed by atoms with Crippen molar-refractivity contribution in [2.75, 3.05) is 25.1 Å². The van der Waals surface area contributed by atoms with Gasteiger partial charge in [0.2, 0.25) is 0 Å². The van der Waals surface area contributed by atoms with Crippen LogP contribution in [0.5, 0.6) is 0 Å². The van der Waals surface area contributed by atoms with E-state index in [0.29, 0.717) is 25.4 Å². The molecule has 0 saturated carbocycles. The fourth-order valence-electron chi connectivity index (χ4n) is 1.41. The van der Waals surface area contributed by atoms with E-state index < -0.39 is 11.8 Å². The van der Waals surface area contributed by atoms with Crippen molar-refractivity contribution in [1.82, 2.24) is 10.3 Å². The van der Waals surface area contributed by atoms with Crippen molar-refractivity contribution in [3.63, 3.8) is 0 Å². The van der Waals surface area contributed by atoms with Crippen LogP contribution in [0, 0.1) is 0 Å². The number of nitrogens with one attached hydrogen (secondary N) is 2. The molecule has 0 aliphatic rings. The number of aromatic nitrogens is 1. The van der Waals surface area contributed by atoms with Crippen molar-refractivity contribution in [2.24, 2.45) is 0 Å². The number of pyridine rings is 1. The number of anilines is 1. The van der Waals surface area contributed by atoms with Crippen molar-refractivity contribution in [3.05, 3.63) is 24.4 Å². The molecular weight excluding hydrogens is 258 g/mol. The Balaban J connectivity index is 2.11. The lowest BCUT2D eigenvalue weighted by Gasteiger charge is -2.06. The zero-order valence-electron chi connectivity index (χ0n) is 11.7. The minimum absolute atomic E-state index is 0.357. The fourth-order valence-corrected chi connectivity index (χ4v) is 1.41. The molecule has 0 fully saturated rings. The first kappa shape index (κ1) is 16.1. The summed E-state index contributed by atoms with van der Waals surface area (Å²) >= 11 is 0. The summed E-state index contributed by atoms with van der Waals surface area (Å²) in [5.41, 5.74) is 0. The van der Waals surface area contributed by atoms with Gasteiger partial charge in [-0.3, -0.25) is 9.59 Å². The third-order valence-corrected chi connectivity index (χ3v) is 2.51. The van der Waals surface area contributed by atoms with E-state index in [9.17, 15) is 9.59 Å². The Labute approximate surface area is 118 Å². The molecule has 110 valence electrons.